The molecule has 3 aromatic carbocycles. The third-order valence-corrected chi connectivity index (χ3v) is 6.04. The Labute approximate surface area is 205 Å². The number of pyridine rings is 1. The summed E-state index contributed by atoms with van der Waals surface area (Å²) >= 11 is 6.42. The van der Waals surface area contributed by atoms with Gasteiger partial charge in [-0.2, -0.15) is 5.26 Å². The van der Waals surface area contributed by atoms with Crippen LogP contribution in [0.4, 0.5) is 4.39 Å². The van der Waals surface area contributed by atoms with Crippen LogP contribution in [0.2, 0.25) is 5.02 Å². The normalized spacial score (nSPS) is 11.6. The van der Waals surface area contributed by atoms with Gasteiger partial charge in [-0.05, 0) is 42.3 Å². The van der Waals surface area contributed by atoms with Crippen LogP contribution >= 0.6 is 11.6 Å². The average molecular weight is 488 g/mol. The zero-order chi connectivity index (χ0) is 25.1. The lowest BCUT2D eigenvalue weighted by Crippen LogP contribution is -2.42. The summed E-state index contributed by atoms with van der Waals surface area (Å²) in [7, 11) is 0. The fourth-order valence-electron chi connectivity index (χ4n) is 4.00. The van der Waals surface area contributed by atoms with Crippen molar-refractivity contribution in [1.82, 2.24) is 10.3 Å². The molecule has 0 spiro atoms. The van der Waals surface area contributed by atoms with E-state index in [0.717, 1.165) is 11.6 Å². The van der Waals surface area contributed by atoms with Gasteiger partial charge in [0, 0.05) is 34.2 Å². The van der Waals surface area contributed by atoms with E-state index in [1.165, 1.54) is 6.07 Å². The minimum atomic E-state index is -1.30. The second kappa shape index (κ2) is 9.92. The number of aliphatic carboxylic acids is 1. The Bertz CT molecular complexity index is 1490. The van der Waals surface area contributed by atoms with Crippen molar-refractivity contribution in [2.75, 3.05) is 0 Å². The monoisotopic (exact) mass is 487 g/mol. The second-order valence-corrected chi connectivity index (χ2v) is 8.39. The maximum atomic E-state index is 14.2. The van der Waals surface area contributed by atoms with Crippen molar-refractivity contribution < 1.29 is 19.1 Å². The van der Waals surface area contributed by atoms with Crippen LogP contribution in [0.15, 0.2) is 66.9 Å². The number of benzene rings is 3. The molecule has 0 saturated carbocycles. The number of hydrogen-bond acceptors (Lipinski definition) is 4. The number of nitriles is 1. The minimum Gasteiger partial charge on any atom is -0.480 e. The number of aromatic nitrogens is 1. The fraction of sp³-hybridized carbons (Fsp3) is 0.111. The Kier molecular flexibility index (Phi) is 6.76. The fourth-order valence-corrected chi connectivity index (χ4v) is 4.28. The molecule has 1 atom stereocenters. The summed E-state index contributed by atoms with van der Waals surface area (Å²) in [6.45, 7) is 1.58. The number of halogens is 2. The number of carboxylic acid groups (broad SMARTS) is 1. The zero-order valence-corrected chi connectivity index (χ0v) is 19.3. The minimum absolute atomic E-state index is 0.0435. The first kappa shape index (κ1) is 23.9. The third-order valence-electron chi connectivity index (χ3n) is 5.72. The molecule has 6 nitrogen and oxygen atoms in total. The van der Waals surface area contributed by atoms with Crippen LogP contribution in [-0.2, 0) is 11.2 Å². The van der Waals surface area contributed by atoms with Gasteiger partial charge in [0.2, 0.25) is 0 Å². The van der Waals surface area contributed by atoms with Crippen molar-refractivity contribution in [1.29, 1.82) is 5.26 Å². The molecule has 0 aliphatic rings. The number of rotatable bonds is 6. The van der Waals surface area contributed by atoms with Crippen LogP contribution < -0.4 is 5.32 Å². The lowest BCUT2D eigenvalue weighted by Gasteiger charge is -2.18. The van der Waals surface area contributed by atoms with Gasteiger partial charge < -0.3 is 10.4 Å². The van der Waals surface area contributed by atoms with Crippen LogP contribution in [-0.4, -0.2) is 28.0 Å². The van der Waals surface area contributed by atoms with Gasteiger partial charge in [0.25, 0.3) is 5.91 Å². The number of fused-ring (bicyclic) bond motifs is 1. The summed E-state index contributed by atoms with van der Waals surface area (Å²) in [5.41, 5.74) is 3.28. The highest BCUT2D eigenvalue weighted by Crippen LogP contribution is 2.34. The molecule has 0 radical (unpaired) electrons. The lowest BCUT2D eigenvalue weighted by molar-refractivity contribution is -0.139. The first-order chi connectivity index (χ1) is 16.8. The van der Waals surface area contributed by atoms with Crippen LogP contribution in [0.3, 0.4) is 0 Å². The topological polar surface area (TPSA) is 103 Å². The highest BCUT2D eigenvalue weighted by atomic mass is 35.5. The predicted octanol–water partition coefficient (Wildman–Crippen LogP) is 5.30. The van der Waals surface area contributed by atoms with Gasteiger partial charge in [-0.15, -0.1) is 0 Å². The van der Waals surface area contributed by atoms with Gasteiger partial charge in [0.1, 0.15) is 11.9 Å². The highest BCUT2D eigenvalue weighted by molar-refractivity contribution is 6.33. The molecule has 2 N–H and O–H groups in total. The molecule has 0 aliphatic heterocycles. The SMILES string of the molecule is Cc1cccc(F)c1C(=O)N[C@@H](Cc1ccc(-c2ccc(C#N)cc2Cl)c2ncccc12)C(=O)O. The molecular formula is C27H19ClFN3O3. The van der Waals surface area contributed by atoms with E-state index >= 15 is 0 Å². The number of carbonyl (C=O) groups excluding carboxylic acids is 1. The summed E-state index contributed by atoms with van der Waals surface area (Å²) < 4.78 is 14.2. The molecule has 1 heterocycles. The van der Waals surface area contributed by atoms with Crippen LogP contribution in [0.1, 0.15) is 27.0 Å². The van der Waals surface area contributed by atoms with E-state index in [2.05, 4.69) is 10.3 Å². The molecule has 4 rings (SSSR count). The number of nitrogens with zero attached hydrogens (tertiary/aromatic N) is 2. The van der Waals surface area contributed by atoms with Crippen molar-refractivity contribution in [2.24, 2.45) is 0 Å². The maximum Gasteiger partial charge on any atom is 0.326 e. The summed E-state index contributed by atoms with van der Waals surface area (Å²) in [5, 5.41) is 22.4. The molecule has 8 heteroatoms. The molecule has 0 unspecified atom stereocenters. The third kappa shape index (κ3) is 4.84. The van der Waals surface area contributed by atoms with Crippen molar-refractivity contribution >= 4 is 34.4 Å². The largest absolute Gasteiger partial charge is 0.480 e. The van der Waals surface area contributed by atoms with E-state index in [1.807, 2.05) is 6.07 Å². The Morgan fingerprint density at radius 3 is 2.60 bits per heavy atom. The Morgan fingerprint density at radius 2 is 1.91 bits per heavy atom. The quantitative estimate of drug-likeness (QED) is 0.384. The summed E-state index contributed by atoms with van der Waals surface area (Å²) in [5.74, 6) is -2.76. The van der Waals surface area contributed by atoms with E-state index in [4.69, 9.17) is 16.9 Å². The summed E-state index contributed by atoms with van der Waals surface area (Å²) in [6.07, 6.45) is 1.57. The molecule has 1 aromatic heterocycles. The van der Waals surface area contributed by atoms with E-state index in [-0.39, 0.29) is 12.0 Å². The number of hydrogen-bond donors (Lipinski definition) is 2. The molecule has 0 fully saturated rings. The number of carbonyl (C=O) groups is 2. The molecule has 35 heavy (non-hydrogen) atoms. The van der Waals surface area contributed by atoms with E-state index in [9.17, 15) is 19.1 Å². The van der Waals surface area contributed by atoms with Gasteiger partial charge in [-0.25, -0.2) is 9.18 Å². The van der Waals surface area contributed by atoms with Crippen LogP contribution in [0, 0.1) is 24.1 Å². The number of aryl methyl sites for hydroxylation is 1. The van der Waals surface area contributed by atoms with E-state index in [1.54, 1.807) is 61.7 Å². The van der Waals surface area contributed by atoms with Gasteiger partial charge in [0.05, 0.1) is 22.7 Å². The molecule has 174 valence electrons. The molecule has 1 amide bonds. The number of nitrogens with one attached hydrogen (secondary N) is 1. The molecule has 0 aliphatic carbocycles. The van der Waals surface area contributed by atoms with Crippen molar-refractivity contribution in [3.05, 3.63) is 100.0 Å². The Balaban J connectivity index is 1.71. The number of carboxylic acids is 1. The van der Waals surface area contributed by atoms with E-state index in [0.29, 0.717) is 38.2 Å². The first-order valence-electron chi connectivity index (χ1n) is 10.7. The first-order valence-corrected chi connectivity index (χ1v) is 11.0. The van der Waals surface area contributed by atoms with Gasteiger partial charge in [-0.3, -0.25) is 9.78 Å². The Morgan fingerprint density at radius 1 is 1.14 bits per heavy atom. The zero-order valence-electron chi connectivity index (χ0n) is 18.5. The van der Waals surface area contributed by atoms with E-state index < -0.39 is 23.7 Å². The lowest BCUT2D eigenvalue weighted by atomic mass is 9.94. The van der Waals surface area contributed by atoms with Gasteiger partial charge in [-0.1, -0.05) is 48.0 Å². The van der Waals surface area contributed by atoms with Crippen molar-refractivity contribution in [3.63, 3.8) is 0 Å². The molecule has 0 saturated heterocycles. The second-order valence-electron chi connectivity index (χ2n) is 7.98. The average Bonchev–Trinajstić information content (AvgIpc) is 2.83. The number of amides is 1. The Hall–Kier alpha value is -4.28. The molecule has 0 bridgehead atoms. The predicted molar refractivity (Wildman–Crippen MR) is 131 cm³/mol. The van der Waals surface area contributed by atoms with Crippen molar-refractivity contribution in [3.8, 4) is 17.2 Å². The summed E-state index contributed by atoms with van der Waals surface area (Å²) in [4.78, 5) is 29.2. The van der Waals surface area contributed by atoms with Gasteiger partial charge in [0.15, 0.2) is 0 Å². The van der Waals surface area contributed by atoms with Crippen LogP contribution in [0.25, 0.3) is 22.0 Å². The standard InChI is InChI=1S/C27H19ClFN3O3/c1-15-4-2-6-22(29)24(15)26(33)32-23(27(34)35)13-17-8-10-20(25-18(17)5-3-11-31-25)19-9-7-16(14-30)12-21(19)28/h2-12,23H,13H2,1H3,(H,32,33)(H,34,35)/t23-/m0/s1. The van der Waals surface area contributed by atoms with Crippen LogP contribution in [0.5, 0.6) is 0 Å². The summed E-state index contributed by atoms with van der Waals surface area (Å²) in [6, 6.07) is 17.0. The van der Waals surface area contributed by atoms with Gasteiger partial charge >= 0.3 is 5.97 Å². The smallest absolute Gasteiger partial charge is 0.326 e. The molecular weight excluding hydrogens is 469 g/mol. The highest BCUT2D eigenvalue weighted by Gasteiger charge is 2.25. The van der Waals surface area contributed by atoms with Crippen molar-refractivity contribution in [2.45, 2.75) is 19.4 Å². The maximum absolute atomic E-state index is 14.2. The molecule has 4 aromatic rings.